The molecule has 0 aromatic heterocycles. The van der Waals surface area contributed by atoms with Crippen molar-refractivity contribution in [3.8, 4) is 0 Å². The minimum atomic E-state index is -0.176. The third-order valence-corrected chi connectivity index (χ3v) is 4.04. The molecule has 0 fully saturated rings. The van der Waals surface area contributed by atoms with Crippen LogP contribution in [0.2, 0.25) is 0 Å². The Bertz CT molecular complexity index is 501. The lowest BCUT2D eigenvalue weighted by Crippen LogP contribution is -2.45. The van der Waals surface area contributed by atoms with Crippen LogP contribution in [-0.2, 0) is 0 Å². The Kier molecular flexibility index (Phi) is 4.04. The van der Waals surface area contributed by atoms with Crippen LogP contribution in [0.3, 0.4) is 0 Å². The van der Waals surface area contributed by atoms with Gasteiger partial charge in [0.1, 0.15) is 10.7 Å². The van der Waals surface area contributed by atoms with Crippen LogP contribution in [0.25, 0.3) is 5.57 Å². The molecule has 102 valence electrons. The molecule has 0 amide bonds. The summed E-state index contributed by atoms with van der Waals surface area (Å²) in [6.07, 6.45) is 4.36. The Morgan fingerprint density at radius 1 is 1.16 bits per heavy atom. The highest BCUT2D eigenvalue weighted by Crippen LogP contribution is 2.33. The molecule has 0 unspecified atom stereocenters. The van der Waals surface area contributed by atoms with Crippen LogP contribution < -0.4 is 0 Å². The third kappa shape index (κ3) is 2.86. The van der Waals surface area contributed by atoms with Crippen molar-refractivity contribution < 1.29 is 0 Å². The number of rotatable bonds is 2. The number of aliphatic imine (C=N–C) groups is 1. The van der Waals surface area contributed by atoms with E-state index in [1.165, 1.54) is 11.1 Å². The monoisotopic (exact) mass is 274 g/mol. The molecule has 1 aliphatic heterocycles. The van der Waals surface area contributed by atoms with E-state index >= 15 is 0 Å². The fraction of sp³-hybridized carbons (Fsp3) is 0.438. The lowest BCUT2D eigenvalue weighted by molar-refractivity contribution is 0.154. The molecule has 0 N–H and O–H groups in total. The second kappa shape index (κ2) is 5.41. The van der Waals surface area contributed by atoms with Gasteiger partial charge in [-0.2, -0.15) is 0 Å². The van der Waals surface area contributed by atoms with Crippen molar-refractivity contribution in [1.82, 2.24) is 4.90 Å². The first-order valence-electron chi connectivity index (χ1n) is 6.65. The molecule has 0 atom stereocenters. The lowest BCUT2D eigenvalue weighted by Gasteiger charge is -2.42. The summed E-state index contributed by atoms with van der Waals surface area (Å²) in [5.74, 6) is 0. The van der Waals surface area contributed by atoms with Gasteiger partial charge in [-0.15, -0.1) is 11.8 Å². The Hall–Kier alpha value is -1.22. The van der Waals surface area contributed by atoms with Crippen molar-refractivity contribution >= 4 is 22.4 Å². The first-order valence-corrected chi connectivity index (χ1v) is 7.88. The summed E-state index contributed by atoms with van der Waals surface area (Å²) in [7, 11) is 0. The molecule has 1 aromatic rings. The standard InChI is InChI=1S/C16H22N2S/c1-12(2)18-11-14(13-9-7-6-8-10-13)15(19-5)17-16(18,3)4/h6-12H,1-5H3. The van der Waals surface area contributed by atoms with Crippen LogP contribution in [0.15, 0.2) is 41.5 Å². The van der Waals surface area contributed by atoms with Gasteiger partial charge in [-0.25, -0.2) is 0 Å². The Balaban J connectivity index is 2.49. The van der Waals surface area contributed by atoms with E-state index in [1.54, 1.807) is 11.8 Å². The molecule has 0 saturated carbocycles. The first-order chi connectivity index (χ1) is 8.95. The summed E-state index contributed by atoms with van der Waals surface area (Å²) in [6, 6.07) is 10.9. The van der Waals surface area contributed by atoms with Gasteiger partial charge in [-0.3, -0.25) is 4.99 Å². The summed E-state index contributed by atoms with van der Waals surface area (Å²) < 4.78 is 0. The van der Waals surface area contributed by atoms with Crippen molar-refractivity contribution in [2.45, 2.75) is 39.4 Å². The average molecular weight is 274 g/mol. The maximum atomic E-state index is 4.93. The largest absolute Gasteiger partial charge is 0.351 e. The molecule has 2 rings (SSSR count). The quantitative estimate of drug-likeness (QED) is 0.801. The number of hydrogen-bond donors (Lipinski definition) is 0. The number of thioether (sulfide) groups is 1. The van der Waals surface area contributed by atoms with Crippen LogP contribution in [-0.4, -0.2) is 27.9 Å². The van der Waals surface area contributed by atoms with Gasteiger partial charge < -0.3 is 4.90 Å². The van der Waals surface area contributed by atoms with Crippen LogP contribution in [0.1, 0.15) is 33.3 Å². The van der Waals surface area contributed by atoms with Crippen molar-refractivity contribution in [2.24, 2.45) is 4.99 Å². The molecule has 3 heteroatoms. The molecule has 2 nitrogen and oxygen atoms in total. The number of hydrogen-bond acceptors (Lipinski definition) is 3. The normalized spacial score (nSPS) is 18.3. The predicted molar refractivity (Wildman–Crippen MR) is 86.4 cm³/mol. The van der Waals surface area contributed by atoms with Gasteiger partial charge in [0.2, 0.25) is 0 Å². The van der Waals surface area contributed by atoms with Crippen molar-refractivity contribution in [1.29, 1.82) is 0 Å². The topological polar surface area (TPSA) is 15.6 Å². The first kappa shape index (κ1) is 14.2. The molecule has 0 spiro atoms. The van der Waals surface area contributed by atoms with Crippen LogP contribution in [0, 0.1) is 0 Å². The predicted octanol–water partition coefficient (Wildman–Crippen LogP) is 4.25. The fourth-order valence-electron chi connectivity index (χ4n) is 2.47. The fourth-order valence-corrected chi connectivity index (χ4v) is 3.18. The smallest absolute Gasteiger partial charge is 0.127 e. The lowest BCUT2D eigenvalue weighted by atomic mass is 10.0. The molecule has 1 aromatic carbocycles. The Morgan fingerprint density at radius 3 is 2.32 bits per heavy atom. The van der Waals surface area contributed by atoms with Gasteiger partial charge in [0.25, 0.3) is 0 Å². The summed E-state index contributed by atoms with van der Waals surface area (Å²) in [5.41, 5.74) is 2.28. The van der Waals surface area contributed by atoms with E-state index in [1.807, 2.05) is 6.07 Å². The van der Waals surface area contributed by atoms with Crippen molar-refractivity contribution in [3.05, 3.63) is 42.1 Å². The van der Waals surface area contributed by atoms with Gasteiger partial charge in [-0.05, 0) is 39.5 Å². The summed E-state index contributed by atoms with van der Waals surface area (Å²) >= 11 is 1.72. The third-order valence-electron chi connectivity index (χ3n) is 3.34. The summed E-state index contributed by atoms with van der Waals surface area (Å²) in [6.45, 7) is 8.75. The second-order valence-corrected chi connectivity index (χ2v) is 6.32. The van der Waals surface area contributed by atoms with Crippen LogP contribution in [0.5, 0.6) is 0 Å². The zero-order valence-electron chi connectivity index (χ0n) is 12.3. The maximum absolute atomic E-state index is 4.93. The highest BCUT2D eigenvalue weighted by molar-refractivity contribution is 8.14. The van der Waals surface area contributed by atoms with Crippen molar-refractivity contribution in [2.75, 3.05) is 6.26 Å². The van der Waals surface area contributed by atoms with Crippen LogP contribution in [0.4, 0.5) is 0 Å². The van der Waals surface area contributed by atoms with E-state index in [0.29, 0.717) is 6.04 Å². The van der Waals surface area contributed by atoms with Crippen molar-refractivity contribution in [3.63, 3.8) is 0 Å². The molecule has 0 aliphatic carbocycles. The van der Waals surface area contributed by atoms with Gasteiger partial charge in [-0.1, -0.05) is 30.3 Å². The molecule has 0 radical (unpaired) electrons. The minimum Gasteiger partial charge on any atom is -0.351 e. The van der Waals surface area contributed by atoms with Gasteiger partial charge >= 0.3 is 0 Å². The zero-order valence-corrected chi connectivity index (χ0v) is 13.2. The molecule has 0 saturated heterocycles. The van der Waals surface area contributed by atoms with E-state index in [-0.39, 0.29) is 5.66 Å². The highest BCUT2D eigenvalue weighted by atomic mass is 32.2. The van der Waals surface area contributed by atoms with Gasteiger partial charge in [0.05, 0.1) is 0 Å². The highest BCUT2D eigenvalue weighted by Gasteiger charge is 2.31. The Morgan fingerprint density at radius 2 is 1.79 bits per heavy atom. The SMILES string of the molecule is CSC1=NC(C)(C)N(C(C)C)C=C1c1ccccc1. The van der Waals surface area contributed by atoms with Gasteiger partial charge in [0.15, 0.2) is 0 Å². The molecule has 19 heavy (non-hydrogen) atoms. The zero-order chi connectivity index (χ0) is 14.0. The molecule has 1 heterocycles. The minimum absolute atomic E-state index is 0.176. The van der Waals surface area contributed by atoms with Gasteiger partial charge in [0, 0.05) is 17.8 Å². The molecular weight excluding hydrogens is 252 g/mol. The summed E-state index contributed by atoms with van der Waals surface area (Å²) in [4.78, 5) is 7.26. The molecular formula is C16H22N2S. The van der Waals surface area contributed by atoms with E-state index in [2.05, 4.69) is 69.3 Å². The van der Waals surface area contributed by atoms with E-state index in [0.717, 1.165) is 5.04 Å². The Labute approximate surface area is 120 Å². The van der Waals surface area contributed by atoms with Crippen LogP contribution >= 0.6 is 11.8 Å². The molecule has 1 aliphatic rings. The van der Waals surface area contributed by atoms with E-state index in [4.69, 9.17) is 4.99 Å². The number of benzene rings is 1. The summed E-state index contributed by atoms with van der Waals surface area (Å²) in [5, 5.41) is 1.12. The van der Waals surface area contributed by atoms with E-state index < -0.39 is 0 Å². The number of nitrogens with zero attached hydrogens (tertiary/aromatic N) is 2. The molecule has 0 bridgehead atoms. The maximum Gasteiger partial charge on any atom is 0.127 e. The average Bonchev–Trinajstić information content (AvgIpc) is 2.38. The van der Waals surface area contributed by atoms with E-state index in [9.17, 15) is 0 Å². The second-order valence-electron chi connectivity index (χ2n) is 5.53.